The van der Waals surface area contributed by atoms with Crippen molar-refractivity contribution in [2.45, 2.75) is 47.0 Å². The molecule has 0 unspecified atom stereocenters. The average Bonchev–Trinajstić information content (AvgIpc) is 2.88. The molecule has 6 nitrogen and oxygen atoms in total. The van der Waals surface area contributed by atoms with E-state index in [0.29, 0.717) is 25.1 Å². The summed E-state index contributed by atoms with van der Waals surface area (Å²) < 4.78 is 5.08. The van der Waals surface area contributed by atoms with Crippen molar-refractivity contribution >= 4 is 11.9 Å². The molecule has 0 spiro atoms. The second-order valence-corrected chi connectivity index (χ2v) is 6.67. The molecule has 0 aliphatic carbocycles. The third-order valence-electron chi connectivity index (χ3n) is 4.93. The number of esters is 1. The Hall–Kier alpha value is -1.82. The molecule has 0 aromatic carbocycles. The van der Waals surface area contributed by atoms with E-state index in [-0.39, 0.29) is 11.9 Å². The summed E-state index contributed by atoms with van der Waals surface area (Å²) in [6, 6.07) is 0. The van der Waals surface area contributed by atoms with Crippen molar-refractivity contribution in [3.63, 3.8) is 0 Å². The van der Waals surface area contributed by atoms with Gasteiger partial charge in [-0.2, -0.15) is 0 Å². The Balaban J connectivity index is 1.91. The molecule has 1 fully saturated rings. The van der Waals surface area contributed by atoms with Crippen LogP contribution in [0.2, 0.25) is 0 Å². The van der Waals surface area contributed by atoms with Gasteiger partial charge in [-0.05, 0) is 51.3 Å². The van der Waals surface area contributed by atoms with Crippen LogP contribution in [0.1, 0.15) is 54.0 Å². The predicted octanol–water partition coefficient (Wildman–Crippen LogP) is 2.30. The van der Waals surface area contributed by atoms with Crippen LogP contribution in [-0.4, -0.2) is 66.0 Å². The molecule has 1 aromatic heterocycles. The number of piperazine rings is 1. The van der Waals surface area contributed by atoms with Crippen molar-refractivity contribution in [3.05, 3.63) is 22.5 Å². The second-order valence-electron chi connectivity index (χ2n) is 6.67. The fourth-order valence-electron chi connectivity index (χ4n) is 3.50. The number of hydrogen-bond donors (Lipinski definition) is 1. The third-order valence-corrected chi connectivity index (χ3v) is 4.93. The maximum atomic E-state index is 12.5. The number of nitrogens with zero attached hydrogens (tertiary/aromatic N) is 2. The number of aryl methyl sites for hydroxylation is 1. The van der Waals surface area contributed by atoms with Gasteiger partial charge < -0.3 is 14.6 Å². The topological polar surface area (TPSA) is 65.6 Å². The zero-order valence-corrected chi connectivity index (χ0v) is 16.0. The molecule has 6 heteroatoms. The lowest BCUT2D eigenvalue weighted by Gasteiger charge is -2.34. The molecule has 1 amide bonds. The van der Waals surface area contributed by atoms with E-state index in [1.807, 2.05) is 18.7 Å². The van der Waals surface area contributed by atoms with Crippen LogP contribution in [0, 0.1) is 13.8 Å². The number of amides is 1. The van der Waals surface area contributed by atoms with Gasteiger partial charge in [-0.3, -0.25) is 9.69 Å². The molecule has 140 valence electrons. The molecule has 0 bridgehead atoms. The number of aromatic amines is 1. The van der Waals surface area contributed by atoms with Crippen molar-refractivity contribution < 1.29 is 14.3 Å². The minimum atomic E-state index is -0.326. The number of ether oxygens (including phenoxy) is 1. The fourth-order valence-corrected chi connectivity index (χ4v) is 3.50. The summed E-state index contributed by atoms with van der Waals surface area (Å²) in [7, 11) is 0. The molecule has 2 rings (SSSR count). The van der Waals surface area contributed by atoms with Crippen molar-refractivity contribution in [2.24, 2.45) is 0 Å². The summed E-state index contributed by atoms with van der Waals surface area (Å²) >= 11 is 0. The number of H-pyrrole nitrogens is 1. The Morgan fingerprint density at radius 3 is 2.40 bits per heavy atom. The fraction of sp³-hybridized carbons (Fsp3) is 0.684. The smallest absolute Gasteiger partial charge is 0.355 e. The summed E-state index contributed by atoms with van der Waals surface area (Å²) in [5.41, 5.74) is 3.41. The maximum Gasteiger partial charge on any atom is 0.355 e. The van der Waals surface area contributed by atoms with Crippen LogP contribution in [0.5, 0.6) is 0 Å². The van der Waals surface area contributed by atoms with Crippen LogP contribution in [0.15, 0.2) is 0 Å². The van der Waals surface area contributed by atoms with Crippen LogP contribution in [-0.2, 0) is 16.0 Å². The van der Waals surface area contributed by atoms with Crippen molar-refractivity contribution in [1.29, 1.82) is 0 Å². The van der Waals surface area contributed by atoms with Crippen LogP contribution in [0.25, 0.3) is 0 Å². The van der Waals surface area contributed by atoms with Crippen LogP contribution in [0.4, 0.5) is 0 Å². The van der Waals surface area contributed by atoms with Gasteiger partial charge in [0, 0.05) is 38.3 Å². The summed E-state index contributed by atoms with van der Waals surface area (Å²) in [4.78, 5) is 32.0. The average molecular weight is 349 g/mol. The molecular formula is C19H31N3O3. The third kappa shape index (κ3) is 4.84. The van der Waals surface area contributed by atoms with E-state index in [1.165, 1.54) is 0 Å². The van der Waals surface area contributed by atoms with Crippen molar-refractivity contribution in [1.82, 2.24) is 14.8 Å². The Labute approximate surface area is 150 Å². The van der Waals surface area contributed by atoms with E-state index < -0.39 is 0 Å². The molecule has 2 heterocycles. The van der Waals surface area contributed by atoms with E-state index in [2.05, 4.69) is 16.8 Å². The zero-order valence-electron chi connectivity index (χ0n) is 16.0. The van der Waals surface area contributed by atoms with Crippen LogP contribution in [0.3, 0.4) is 0 Å². The van der Waals surface area contributed by atoms with E-state index in [4.69, 9.17) is 4.74 Å². The first-order valence-corrected chi connectivity index (χ1v) is 9.33. The maximum absolute atomic E-state index is 12.5. The molecule has 0 saturated carbocycles. The lowest BCUT2D eigenvalue weighted by molar-refractivity contribution is -0.132. The lowest BCUT2D eigenvalue weighted by Crippen LogP contribution is -2.48. The first kappa shape index (κ1) is 19.5. The highest BCUT2D eigenvalue weighted by Crippen LogP contribution is 2.21. The molecule has 25 heavy (non-hydrogen) atoms. The number of hydrogen-bond acceptors (Lipinski definition) is 4. The molecular weight excluding hydrogens is 318 g/mol. The molecule has 0 atom stereocenters. The molecule has 1 saturated heterocycles. The number of nitrogens with one attached hydrogen (secondary N) is 1. The second kappa shape index (κ2) is 9.04. The molecule has 1 aliphatic rings. The number of rotatable bonds is 7. The predicted molar refractivity (Wildman–Crippen MR) is 97.9 cm³/mol. The highest BCUT2D eigenvalue weighted by Gasteiger charge is 2.22. The Kier molecular flexibility index (Phi) is 7.05. The summed E-state index contributed by atoms with van der Waals surface area (Å²) in [5.74, 6) is -0.124. The number of carbonyl (C=O) groups excluding carboxylic acids is 2. The number of carbonyl (C=O) groups is 2. The van der Waals surface area contributed by atoms with Gasteiger partial charge in [0.15, 0.2) is 0 Å². The summed E-state index contributed by atoms with van der Waals surface area (Å²) in [5, 5.41) is 0. The minimum Gasteiger partial charge on any atom is -0.461 e. The Morgan fingerprint density at radius 2 is 1.80 bits per heavy atom. The number of aromatic nitrogens is 1. The molecule has 0 radical (unpaired) electrons. The van der Waals surface area contributed by atoms with Gasteiger partial charge in [0.1, 0.15) is 5.69 Å². The Morgan fingerprint density at radius 1 is 1.12 bits per heavy atom. The standard InChI is InChI=1S/C19H31N3O3/c1-5-9-21-10-12-22(13-11-21)17(23)8-7-16-14(3)18(20-15(16)4)19(24)25-6-2/h20H,5-13H2,1-4H3. The van der Waals surface area contributed by atoms with E-state index >= 15 is 0 Å². The summed E-state index contributed by atoms with van der Waals surface area (Å²) in [6.07, 6.45) is 2.29. The quantitative estimate of drug-likeness (QED) is 0.767. The van der Waals surface area contributed by atoms with Gasteiger partial charge in [-0.1, -0.05) is 6.92 Å². The van der Waals surface area contributed by atoms with Gasteiger partial charge in [0.05, 0.1) is 6.61 Å². The Bertz CT molecular complexity index is 601. The van der Waals surface area contributed by atoms with E-state index in [9.17, 15) is 9.59 Å². The van der Waals surface area contributed by atoms with Crippen LogP contribution < -0.4 is 0 Å². The highest BCUT2D eigenvalue weighted by atomic mass is 16.5. The molecule has 1 aliphatic heterocycles. The van der Waals surface area contributed by atoms with E-state index in [0.717, 1.165) is 56.0 Å². The first-order valence-electron chi connectivity index (χ1n) is 9.33. The van der Waals surface area contributed by atoms with Crippen molar-refractivity contribution in [2.75, 3.05) is 39.3 Å². The molecule has 1 N–H and O–H groups in total. The first-order chi connectivity index (χ1) is 12.0. The summed E-state index contributed by atoms with van der Waals surface area (Å²) in [6.45, 7) is 12.9. The SMILES string of the molecule is CCCN1CCN(C(=O)CCc2c(C)[nH]c(C(=O)OCC)c2C)CC1. The van der Waals surface area contributed by atoms with Crippen LogP contribution >= 0.6 is 0 Å². The largest absolute Gasteiger partial charge is 0.461 e. The lowest BCUT2D eigenvalue weighted by atomic mass is 10.0. The minimum absolute atomic E-state index is 0.203. The van der Waals surface area contributed by atoms with Gasteiger partial charge in [-0.25, -0.2) is 4.79 Å². The van der Waals surface area contributed by atoms with Gasteiger partial charge in [0.2, 0.25) is 5.91 Å². The van der Waals surface area contributed by atoms with Crippen molar-refractivity contribution in [3.8, 4) is 0 Å². The van der Waals surface area contributed by atoms with E-state index in [1.54, 1.807) is 6.92 Å². The highest BCUT2D eigenvalue weighted by molar-refractivity contribution is 5.90. The molecule has 1 aromatic rings. The zero-order chi connectivity index (χ0) is 18.4. The monoisotopic (exact) mass is 349 g/mol. The van der Waals surface area contributed by atoms with Gasteiger partial charge in [0.25, 0.3) is 0 Å². The normalized spacial score (nSPS) is 15.4. The van der Waals surface area contributed by atoms with Gasteiger partial charge in [-0.15, -0.1) is 0 Å². The van der Waals surface area contributed by atoms with Gasteiger partial charge >= 0.3 is 5.97 Å².